The van der Waals surface area contributed by atoms with Crippen molar-refractivity contribution in [3.8, 4) is 0 Å². The van der Waals surface area contributed by atoms with Crippen molar-refractivity contribution in [1.82, 2.24) is 4.90 Å². The molecule has 1 radical (unpaired) electrons. The first-order valence-electron chi connectivity index (χ1n) is 14.8. The summed E-state index contributed by atoms with van der Waals surface area (Å²) in [4.78, 5) is 40.6. The maximum absolute atomic E-state index is 12.9. The molecule has 3 aromatic rings. The van der Waals surface area contributed by atoms with Crippen molar-refractivity contribution in [3.05, 3.63) is 95.5 Å². The number of nitrogens with zero attached hydrogens (tertiary/aromatic N) is 2. The van der Waals surface area contributed by atoms with Crippen LogP contribution in [-0.2, 0) is 24.7 Å². The molecule has 0 aliphatic carbocycles. The van der Waals surface area contributed by atoms with Gasteiger partial charge in [0.15, 0.2) is 0 Å². The van der Waals surface area contributed by atoms with E-state index in [1.54, 1.807) is 24.0 Å². The molecule has 9 heteroatoms. The number of rotatable bonds is 7. The SMILES string of the molecule is CCOC(=O)CC(=O)N1CCC(C(=O)Nc2cccc(N3CCC(O)(c4ccc(Cl)cc4)CC3)c2)CC1.[c]1ccccc1. The third-order valence-corrected chi connectivity index (χ3v) is 8.13. The number of likely N-dealkylation sites (tertiary alicyclic amines) is 1. The summed E-state index contributed by atoms with van der Waals surface area (Å²) in [6.45, 7) is 4.22. The molecule has 2 amide bonds. The standard InChI is InChI=1S/C28H34ClN3O5.C6H5/c1-2-37-26(34)19-25(33)32-14-10-20(11-15-32)27(35)30-23-4-3-5-24(18-23)31-16-12-28(36,13-17-31)21-6-8-22(29)9-7-21;1-2-4-6-5-3-1/h3-9,18,20,36H,2,10-17,19H2,1H3,(H,30,35);1-5H. The molecule has 2 saturated heterocycles. The molecule has 3 aromatic carbocycles. The molecular formula is C34H39ClN3O5. The van der Waals surface area contributed by atoms with Gasteiger partial charge in [-0.15, -0.1) is 0 Å². The van der Waals surface area contributed by atoms with Crippen LogP contribution in [-0.4, -0.2) is 60.6 Å². The fourth-order valence-corrected chi connectivity index (χ4v) is 5.51. The Labute approximate surface area is 258 Å². The Morgan fingerprint density at radius 1 is 0.977 bits per heavy atom. The Balaban J connectivity index is 0.000000628. The first-order chi connectivity index (χ1) is 20.8. The lowest BCUT2D eigenvalue weighted by atomic mass is 9.84. The highest BCUT2D eigenvalue weighted by Crippen LogP contribution is 2.35. The number of amides is 2. The summed E-state index contributed by atoms with van der Waals surface area (Å²) in [6, 6.07) is 27.6. The average Bonchev–Trinajstić information content (AvgIpc) is 3.03. The summed E-state index contributed by atoms with van der Waals surface area (Å²) < 4.78 is 4.85. The van der Waals surface area contributed by atoms with Gasteiger partial charge in [0, 0.05) is 48.5 Å². The number of benzene rings is 3. The molecule has 8 nitrogen and oxygen atoms in total. The molecule has 2 aliphatic rings. The number of ether oxygens (including phenoxy) is 1. The molecule has 2 aliphatic heterocycles. The minimum Gasteiger partial charge on any atom is -0.466 e. The van der Waals surface area contributed by atoms with E-state index in [0.29, 0.717) is 56.9 Å². The Morgan fingerprint density at radius 3 is 2.23 bits per heavy atom. The predicted molar refractivity (Wildman–Crippen MR) is 168 cm³/mol. The molecule has 0 saturated carbocycles. The van der Waals surface area contributed by atoms with Crippen molar-refractivity contribution in [2.45, 2.75) is 44.6 Å². The molecule has 5 rings (SSSR count). The summed E-state index contributed by atoms with van der Waals surface area (Å²) in [7, 11) is 0. The number of esters is 1. The quantitative estimate of drug-likeness (QED) is 0.275. The molecular weight excluding hydrogens is 566 g/mol. The van der Waals surface area contributed by atoms with Crippen LogP contribution in [0.3, 0.4) is 0 Å². The Hall–Kier alpha value is -3.88. The minimum absolute atomic E-state index is 0.0644. The molecule has 0 unspecified atom stereocenters. The molecule has 0 bridgehead atoms. The number of hydrogen-bond acceptors (Lipinski definition) is 6. The van der Waals surface area contributed by atoms with E-state index in [9.17, 15) is 19.5 Å². The third kappa shape index (κ3) is 9.30. The van der Waals surface area contributed by atoms with Crippen LogP contribution in [0, 0.1) is 12.0 Å². The Bertz CT molecular complexity index is 1310. The van der Waals surface area contributed by atoms with Gasteiger partial charge in [0.1, 0.15) is 6.42 Å². The maximum Gasteiger partial charge on any atom is 0.315 e. The Morgan fingerprint density at radius 2 is 1.65 bits per heavy atom. The average molecular weight is 605 g/mol. The molecule has 2 N–H and O–H groups in total. The molecule has 0 aromatic heterocycles. The van der Waals surface area contributed by atoms with Gasteiger partial charge < -0.3 is 25.0 Å². The second kappa shape index (κ2) is 15.5. The summed E-state index contributed by atoms with van der Waals surface area (Å²) in [6.07, 6.45) is 2.04. The van der Waals surface area contributed by atoms with E-state index in [4.69, 9.17) is 16.3 Å². The van der Waals surface area contributed by atoms with Gasteiger partial charge in [0.25, 0.3) is 0 Å². The normalized spacial score (nSPS) is 16.4. The fraction of sp³-hybridized carbons (Fsp3) is 0.382. The van der Waals surface area contributed by atoms with Crippen molar-refractivity contribution in [1.29, 1.82) is 0 Å². The highest BCUT2D eigenvalue weighted by molar-refractivity contribution is 6.30. The van der Waals surface area contributed by atoms with Gasteiger partial charge in [-0.1, -0.05) is 60.1 Å². The summed E-state index contributed by atoms with van der Waals surface area (Å²) >= 11 is 5.99. The molecule has 227 valence electrons. The van der Waals surface area contributed by atoms with E-state index < -0.39 is 11.6 Å². The van der Waals surface area contributed by atoms with Crippen molar-refractivity contribution in [2.24, 2.45) is 5.92 Å². The van der Waals surface area contributed by atoms with Crippen LogP contribution in [0.1, 0.15) is 44.6 Å². The van der Waals surface area contributed by atoms with Gasteiger partial charge in [0.2, 0.25) is 11.8 Å². The van der Waals surface area contributed by atoms with Crippen molar-refractivity contribution in [3.63, 3.8) is 0 Å². The number of aliphatic hydroxyl groups is 1. The number of nitrogens with one attached hydrogen (secondary N) is 1. The van der Waals surface area contributed by atoms with Crippen LogP contribution >= 0.6 is 11.6 Å². The number of carbonyl (C=O) groups excluding carboxylic acids is 3. The second-order valence-electron chi connectivity index (χ2n) is 10.8. The number of halogens is 1. The van der Waals surface area contributed by atoms with E-state index in [2.05, 4.69) is 16.3 Å². The molecule has 2 fully saturated rings. The predicted octanol–water partition coefficient (Wildman–Crippen LogP) is 5.45. The molecule has 43 heavy (non-hydrogen) atoms. The van der Waals surface area contributed by atoms with Crippen LogP contribution in [0.15, 0.2) is 78.9 Å². The van der Waals surface area contributed by atoms with E-state index >= 15 is 0 Å². The van der Waals surface area contributed by atoms with Crippen molar-refractivity contribution in [2.75, 3.05) is 43.0 Å². The fourth-order valence-electron chi connectivity index (χ4n) is 5.39. The lowest BCUT2D eigenvalue weighted by Gasteiger charge is -2.39. The number of carbonyl (C=O) groups is 3. The molecule has 0 atom stereocenters. The highest BCUT2D eigenvalue weighted by atomic mass is 35.5. The van der Waals surface area contributed by atoms with Crippen LogP contribution in [0.4, 0.5) is 11.4 Å². The highest BCUT2D eigenvalue weighted by Gasteiger charge is 2.34. The van der Waals surface area contributed by atoms with Gasteiger partial charge in [-0.25, -0.2) is 0 Å². The zero-order valence-corrected chi connectivity index (χ0v) is 25.3. The van der Waals surface area contributed by atoms with E-state index in [1.807, 2.05) is 66.7 Å². The zero-order chi connectivity index (χ0) is 30.7. The first-order valence-corrected chi connectivity index (χ1v) is 15.1. The van der Waals surface area contributed by atoms with Gasteiger partial charge in [-0.2, -0.15) is 0 Å². The van der Waals surface area contributed by atoms with Crippen LogP contribution < -0.4 is 10.2 Å². The number of hydrogen-bond donors (Lipinski definition) is 2. The van der Waals surface area contributed by atoms with Gasteiger partial charge in [0.05, 0.1) is 12.2 Å². The third-order valence-electron chi connectivity index (χ3n) is 7.88. The van der Waals surface area contributed by atoms with Crippen LogP contribution in [0.25, 0.3) is 0 Å². The van der Waals surface area contributed by atoms with Gasteiger partial charge >= 0.3 is 5.97 Å². The number of piperidine rings is 2. The van der Waals surface area contributed by atoms with Crippen molar-refractivity contribution < 1.29 is 24.2 Å². The lowest BCUT2D eigenvalue weighted by Crippen LogP contribution is -2.42. The monoisotopic (exact) mass is 604 g/mol. The topological polar surface area (TPSA) is 99.2 Å². The second-order valence-corrected chi connectivity index (χ2v) is 11.2. The van der Waals surface area contributed by atoms with Crippen LogP contribution in [0.2, 0.25) is 5.02 Å². The van der Waals surface area contributed by atoms with Crippen molar-refractivity contribution >= 4 is 40.8 Å². The first kappa shape index (κ1) is 32.0. The summed E-state index contributed by atoms with van der Waals surface area (Å²) in [5.74, 6) is -1.03. The smallest absolute Gasteiger partial charge is 0.315 e. The number of anilines is 2. The maximum atomic E-state index is 12.9. The minimum atomic E-state index is -0.876. The largest absolute Gasteiger partial charge is 0.466 e. The zero-order valence-electron chi connectivity index (χ0n) is 24.5. The summed E-state index contributed by atoms with van der Waals surface area (Å²) in [5, 5.41) is 14.8. The molecule has 0 spiro atoms. The lowest BCUT2D eigenvalue weighted by molar-refractivity contribution is -0.149. The summed E-state index contributed by atoms with van der Waals surface area (Å²) in [5.41, 5.74) is 1.72. The van der Waals surface area contributed by atoms with Gasteiger partial charge in [-0.3, -0.25) is 14.4 Å². The van der Waals surface area contributed by atoms with E-state index in [-0.39, 0.29) is 30.8 Å². The Kier molecular flexibility index (Phi) is 11.6. The van der Waals surface area contributed by atoms with Crippen LogP contribution in [0.5, 0.6) is 0 Å². The van der Waals surface area contributed by atoms with E-state index in [1.165, 1.54) is 0 Å². The molecule has 2 heterocycles. The van der Waals surface area contributed by atoms with Gasteiger partial charge in [-0.05, 0) is 74.6 Å². The van der Waals surface area contributed by atoms with E-state index in [0.717, 1.165) is 16.9 Å².